The molecule has 5 rings (SSSR count). The maximum absolute atomic E-state index is 13.4. The topological polar surface area (TPSA) is 72.7 Å². The van der Waals surface area contributed by atoms with Crippen LogP contribution in [0.3, 0.4) is 0 Å². The van der Waals surface area contributed by atoms with Crippen molar-refractivity contribution in [2.75, 3.05) is 5.32 Å². The van der Waals surface area contributed by atoms with Gasteiger partial charge in [-0.1, -0.05) is 35.2 Å². The van der Waals surface area contributed by atoms with Crippen LogP contribution in [0.2, 0.25) is 0 Å². The fourth-order valence-corrected chi connectivity index (χ4v) is 5.48. The van der Waals surface area contributed by atoms with Crippen molar-refractivity contribution < 1.29 is 13.6 Å². The Morgan fingerprint density at radius 3 is 2.45 bits per heavy atom. The molecule has 0 radical (unpaired) electrons. The number of hydrogen-bond donors (Lipinski definition) is 1. The Morgan fingerprint density at radius 2 is 1.70 bits per heavy atom. The average molecular weight is 484 g/mol. The Morgan fingerprint density at radius 1 is 1.00 bits per heavy atom. The van der Waals surface area contributed by atoms with Gasteiger partial charge in [-0.25, -0.2) is 13.5 Å². The number of anilines is 1. The van der Waals surface area contributed by atoms with Crippen molar-refractivity contribution in [3.63, 3.8) is 0 Å². The Hall–Kier alpha value is -3.11. The highest BCUT2D eigenvalue weighted by atomic mass is 32.2. The number of nitrogens with zero attached hydrogens (tertiary/aromatic N) is 4. The average Bonchev–Trinajstić information content (AvgIpc) is 3.44. The maximum atomic E-state index is 13.4. The van der Waals surface area contributed by atoms with E-state index in [1.54, 1.807) is 28.9 Å². The zero-order valence-electron chi connectivity index (χ0n) is 17.4. The van der Waals surface area contributed by atoms with E-state index in [-0.39, 0.29) is 17.5 Å². The number of carbonyl (C=O) groups excluding carboxylic acids is 1. The molecule has 168 valence electrons. The second-order valence-electron chi connectivity index (χ2n) is 7.61. The minimum atomic E-state index is -0.333. The third-order valence-corrected chi connectivity index (χ3v) is 7.41. The van der Waals surface area contributed by atoms with E-state index in [0.717, 1.165) is 48.2 Å². The summed E-state index contributed by atoms with van der Waals surface area (Å²) in [5.41, 5.74) is 3.98. The molecule has 33 heavy (non-hydrogen) atoms. The van der Waals surface area contributed by atoms with Gasteiger partial charge in [0.15, 0.2) is 10.0 Å². The lowest BCUT2D eigenvalue weighted by Gasteiger charge is -2.14. The van der Waals surface area contributed by atoms with Crippen molar-refractivity contribution >= 4 is 34.1 Å². The zero-order chi connectivity index (χ0) is 22.8. The number of fused-ring (bicyclic) bond motifs is 1. The van der Waals surface area contributed by atoms with Crippen LogP contribution in [0.15, 0.2) is 52.9 Å². The molecule has 1 N–H and O–H groups in total. The monoisotopic (exact) mass is 483 g/mol. The molecule has 2 heterocycles. The molecule has 1 aliphatic carbocycles. The number of carbonyl (C=O) groups is 1. The molecule has 0 atom stereocenters. The van der Waals surface area contributed by atoms with Crippen molar-refractivity contribution in [3.8, 4) is 5.69 Å². The predicted molar refractivity (Wildman–Crippen MR) is 124 cm³/mol. The lowest BCUT2D eigenvalue weighted by molar-refractivity contribution is 0.102. The number of amides is 1. The molecule has 0 unspecified atom stereocenters. The molecule has 2 aromatic carbocycles. The maximum Gasteiger partial charge on any atom is 0.278 e. The highest BCUT2D eigenvalue weighted by Crippen LogP contribution is 2.30. The molecule has 0 saturated heterocycles. The summed E-state index contributed by atoms with van der Waals surface area (Å²) < 4.78 is 28.9. The van der Waals surface area contributed by atoms with Crippen molar-refractivity contribution in [3.05, 3.63) is 82.7 Å². The smallest absolute Gasteiger partial charge is 0.278 e. The van der Waals surface area contributed by atoms with Crippen LogP contribution in [0, 0.1) is 11.6 Å². The molecule has 0 fully saturated rings. The second-order valence-corrected chi connectivity index (χ2v) is 9.81. The first kappa shape index (κ1) is 21.7. The fourth-order valence-electron chi connectivity index (χ4n) is 3.78. The molecule has 1 amide bonds. The summed E-state index contributed by atoms with van der Waals surface area (Å²) in [5.74, 6) is -0.297. The van der Waals surface area contributed by atoms with Crippen molar-refractivity contribution in [2.45, 2.75) is 35.8 Å². The Bertz CT molecular complexity index is 1290. The van der Waals surface area contributed by atoms with Crippen molar-refractivity contribution in [1.82, 2.24) is 20.0 Å². The van der Waals surface area contributed by atoms with E-state index < -0.39 is 0 Å². The lowest BCUT2D eigenvalue weighted by atomic mass is 9.95. The van der Waals surface area contributed by atoms with Gasteiger partial charge < -0.3 is 0 Å². The molecule has 0 aliphatic heterocycles. The van der Waals surface area contributed by atoms with Gasteiger partial charge in [-0.3, -0.25) is 10.1 Å². The Labute approximate surface area is 197 Å². The van der Waals surface area contributed by atoms with Crippen molar-refractivity contribution in [2.24, 2.45) is 0 Å². The van der Waals surface area contributed by atoms with Gasteiger partial charge in [0.1, 0.15) is 11.6 Å². The third-order valence-electron chi connectivity index (χ3n) is 5.37. The first-order valence-corrected chi connectivity index (χ1v) is 12.3. The van der Waals surface area contributed by atoms with Gasteiger partial charge in [-0.15, -0.1) is 10.2 Å². The lowest BCUT2D eigenvalue weighted by Crippen LogP contribution is -2.15. The molecule has 4 aromatic rings. The van der Waals surface area contributed by atoms with Crippen LogP contribution in [0.25, 0.3) is 5.69 Å². The Kier molecular flexibility index (Phi) is 6.19. The van der Waals surface area contributed by atoms with E-state index in [4.69, 9.17) is 0 Å². The van der Waals surface area contributed by atoms with E-state index in [2.05, 4.69) is 20.6 Å². The molecule has 1 aliphatic rings. The molecule has 6 nitrogen and oxygen atoms in total. The summed E-state index contributed by atoms with van der Waals surface area (Å²) in [4.78, 5) is 13.1. The minimum Gasteiger partial charge on any atom is -0.295 e. The number of rotatable bonds is 6. The first-order chi connectivity index (χ1) is 16.1. The van der Waals surface area contributed by atoms with Crippen LogP contribution in [0.1, 0.15) is 40.2 Å². The van der Waals surface area contributed by atoms with Gasteiger partial charge in [-0.2, -0.15) is 5.10 Å². The fraction of sp³-hybridized carbons (Fsp3) is 0.217. The summed E-state index contributed by atoms with van der Waals surface area (Å²) in [6.07, 6.45) is 3.60. The third kappa shape index (κ3) is 4.81. The van der Waals surface area contributed by atoms with Crippen LogP contribution in [0.4, 0.5) is 13.9 Å². The van der Waals surface area contributed by atoms with Crippen LogP contribution in [0.5, 0.6) is 0 Å². The van der Waals surface area contributed by atoms with Gasteiger partial charge in [0.25, 0.3) is 5.91 Å². The summed E-state index contributed by atoms with van der Waals surface area (Å²) in [5, 5.41) is 16.0. The largest absolute Gasteiger partial charge is 0.295 e. The van der Waals surface area contributed by atoms with Gasteiger partial charge in [0, 0.05) is 17.0 Å². The predicted octanol–water partition coefficient (Wildman–Crippen LogP) is 5.43. The SMILES string of the molecule is O=C(Nc1nnc(SCc2ccc(F)cc2)s1)c1nn(-c2ccc(F)cc2)c2c1CCCC2. The number of benzene rings is 2. The summed E-state index contributed by atoms with van der Waals surface area (Å²) in [6.45, 7) is 0. The molecule has 2 aromatic heterocycles. The number of halogens is 2. The van der Waals surface area contributed by atoms with E-state index in [1.165, 1.54) is 47.4 Å². The second kappa shape index (κ2) is 9.40. The van der Waals surface area contributed by atoms with E-state index >= 15 is 0 Å². The zero-order valence-corrected chi connectivity index (χ0v) is 19.1. The summed E-state index contributed by atoms with van der Waals surface area (Å²) in [6, 6.07) is 12.4. The van der Waals surface area contributed by atoms with E-state index in [1.807, 2.05) is 0 Å². The van der Waals surface area contributed by atoms with Crippen LogP contribution in [-0.4, -0.2) is 25.9 Å². The standard InChI is InChI=1S/C23H19F2N5OS2/c24-15-7-5-14(6-8-15)13-32-23-28-27-22(33-23)26-21(31)20-18-3-1-2-4-19(18)30(29-20)17-11-9-16(25)10-12-17/h5-12H,1-4,13H2,(H,26,27,31). The molecule has 10 heteroatoms. The summed E-state index contributed by atoms with van der Waals surface area (Å²) >= 11 is 2.75. The highest BCUT2D eigenvalue weighted by molar-refractivity contribution is 8.00. The summed E-state index contributed by atoms with van der Waals surface area (Å²) in [7, 11) is 0. The molecule has 0 saturated carbocycles. The minimum absolute atomic E-state index is 0.270. The van der Waals surface area contributed by atoms with Crippen LogP contribution >= 0.6 is 23.1 Å². The highest BCUT2D eigenvalue weighted by Gasteiger charge is 2.26. The number of hydrogen-bond acceptors (Lipinski definition) is 6. The van der Waals surface area contributed by atoms with Gasteiger partial charge >= 0.3 is 0 Å². The van der Waals surface area contributed by atoms with Crippen LogP contribution < -0.4 is 5.32 Å². The number of aromatic nitrogens is 4. The number of nitrogens with one attached hydrogen (secondary N) is 1. The van der Waals surface area contributed by atoms with Gasteiger partial charge in [0.2, 0.25) is 5.13 Å². The molecular formula is C23H19F2N5OS2. The van der Waals surface area contributed by atoms with Gasteiger partial charge in [0.05, 0.1) is 5.69 Å². The van der Waals surface area contributed by atoms with E-state index in [0.29, 0.717) is 20.9 Å². The quantitative estimate of drug-likeness (QED) is 0.293. The number of thioether (sulfide) groups is 1. The first-order valence-electron chi connectivity index (χ1n) is 10.5. The van der Waals surface area contributed by atoms with E-state index in [9.17, 15) is 13.6 Å². The molecule has 0 bridgehead atoms. The van der Waals surface area contributed by atoms with Crippen LogP contribution in [-0.2, 0) is 18.6 Å². The Balaban J connectivity index is 1.32. The molecular weight excluding hydrogens is 464 g/mol. The van der Waals surface area contributed by atoms with Crippen molar-refractivity contribution in [1.29, 1.82) is 0 Å². The normalized spacial score (nSPS) is 13.0. The molecule has 0 spiro atoms. The van der Waals surface area contributed by atoms with Gasteiger partial charge in [-0.05, 0) is 67.6 Å².